The van der Waals surface area contributed by atoms with Crippen LogP contribution in [0, 0.1) is 5.92 Å². The molecule has 0 aromatic carbocycles. The van der Waals surface area contributed by atoms with Gasteiger partial charge in [-0.25, -0.2) is 0 Å². The molecule has 0 fully saturated rings. The van der Waals surface area contributed by atoms with E-state index >= 15 is 0 Å². The normalized spacial score (nSPS) is 8.92. The first-order valence-electron chi connectivity index (χ1n) is 3.67. The minimum Gasteiger partial charge on any atom is -0.393 e. The van der Waals surface area contributed by atoms with Crippen LogP contribution < -0.4 is 0 Å². The number of esters is 2. The van der Waals surface area contributed by atoms with E-state index in [1.165, 1.54) is 6.92 Å². The first-order valence-corrected chi connectivity index (χ1v) is 3.67. The van der Waals surface area contributed by atoms with Crippen LogP contribution in [0.3, 0.4) is 0 Å². The maximum Gasteiger partial charge on any atom is 0.320 e. The number of Topliss-reactive ketones (excluding diaryl/α,β-unsaturated/α-hetero) is 1. The zero-order valence-electron chi connectivity index (χ0n) is 7.72. The molecule has 0 aromatic heterocycles. The zero-order chi connectivity index (χ0) is 9.72. The van der Waals surface area contributed by atoms with E-state index in [1.807, 2.05) is 0 Å². The summed E-state index contributed by atoms with van der Waals surface area (Å²) in [6.45, 7) is 4.49. The average molecular weight is 280 g/mol. The van der Waals surface area contributed by atoms with E-state index in [1.54, 1.807) is 13.8 Å². The van der Waals surface area contributed by atoms with Crippen molar-refractivity contribution >= 4 is 17.7 Å². The third-order valence-electron chi connectivity index (χ3n) is 1.08. The summed E-state index contributed by atoms with van der Waals surface area (Å²) < 4.78 is 4.32. The van der Waals surface area contributed by atoms with Gasteiger partial charge in [-0.15, -0.1) is 0 Å². The molecule has 79 valence electrons. The third kappa shape index (κ3) is 7.90. The molecule has 1 radical (unpaired) electrons. The van der Waals surface area contributed by atoms with Gasteiger partial charge in [0.05, 0.1) is 5.92 Å². The van der Waals surface area contributed by atoms with Crippen molar-refractivity contribution in [1.29, 1.82) is 0 Å². The number of hydrogen-bond donors (Lipinski definition) is 0. The fourth-order valence-electron chi connectivity index (χ4n) is 0.469. The molecule has 0 amide bonds. The van der Waals surface area contributed by atoms with Crippen molar-refractivity contribution in [1.82, 2.24) is 0 Å². The minimum atomic E-state index is -0.777. The van der Waals surface area contributed by atoms with Gasteiger partial charge in [0.25, 0.3) is 0 Å². The summed E-state index contributed by atoms with van der Waals surface area (Å²) in [4.78, 5) is 31.9. The van der Waals surface area contributed by atoms with Gasteiger partial charge in [0.15, 0.2) is 0 Å². The Bertz CT molecular complexity index is 210. The standard InChI is InChI=1S/C8H12O4.Ag/c1-5(2)8(11)12-7(10)4-6(3)9;/h5H,4H2,1-3H3;. The van der Waals surface area contributed by atoms with Crippen molar-refractivity contribution < 1.29 is 41.5 Å². The van der Waals surface area contributed by atoms with E-state index in [4.69, 9.17) is 0 Å². The van der Waals surface area contributed by atoms with Gasteiger partial charge in [-0.05, 0) is 6.92 Å². The molecule has 0 aliphatic heterocycles. The van der Waals surface area contributed by atoms with Crippen LogP contribution in [0.25, 0.3) is 0 Å². The van der Waals surface area contributed by atoms with Crippen LogP contribution in [0.15, 0.2) is 0 Å². The molecular weight excluding hydrogens is 268 g/mol. The fourth-order valence-corrected chi connectivity index (χ4v) is 0.469. The number of carbonyl (C=O) groups excluding carboxylic acids is 3. The molecule has 0 heterocycles. The smallest absolute Gasteiger partial charge is 0.320 e. The second kappa shape index (κ2) is 7.00. The third-order valence-corrected chi connectivity index (χ3v) is 1.08. The predicted molar refractivity (Wildman–Crippen MR) is 41.2 cm³/mol. The number of rotatable bonds is 3. The monoisotopic (exact) mass is 279 g/mol. The van der Waals surface area contributed by atoms with E-state index in [9.17, 15) is 14.4 Å². The van der Waals surface area contributed by atoms with Crippen molar-refractivity contribution in [2.45, 2.75) is 27.2 Å². The molecule has 4 nitrogen and oxygen atoms in total. The Kier molecular flexibility index (Phi) is 8.10. The number of ketones is 1. The van der Waals surface area contributed by atoms with Crippen LogP contribution in [-0.4, -0.2) is 17.7 Å². The first-order chi connectivity index (χ1) is 5.43. The molecule has 0 bridgehead atoms. The Morgan fingerprint density at radius 1 is 1.23 bits per heavy atom. The first kappa shape index (κ1) is 15.0. The SMILES string of the molecule is CC(=O)CC(=O)OC(=O)C(C)C.[Ag]. The molecule has 0 aromatic rings. The second-order valence-electron chi connectivity index (χ2n) is 2.83. The van der Waals surface area contributed by atoms with Gasteiger partial charge in [0, 0.05) is 22.4 Å². The summed E-state index contributed by atoms with van der Waals surface area (Å²) in [5, 5.41) is 0. The van der Waals surface area contributed by atoms with E-state index < -0.39 is 11.9 Å². The van der Waals surface area contributed by atoms with Crippen LogP contribution in [0.4, 0.5) is 0 Å². The van der Waals surface area contributed by atoms with E-state index in [0.717, 1.165) is 0 Å². The zero-order valence-corrected chi connectivity index (χ0v) is 9.20. The summed E-state index contributed by atoms with van der Waals surface area (Å²) >= 11 is 0. The van der Waals surface area contributed by atoms with E-state index in [-0.39, 0.29) is 40.5 Å². The van der Waals surface area contributed by atoms with E-state index in [2.05, 4.69) is 4.74 Å². The largest absolute Gasteiger partial charge is 0.393 e. The molecule has 5 heteroatoms. The molecule has 13 heavy (non-hydrogen) atoms. The summed E-state index contributed by atoms with van der Waals surface area (Å²) in [6.07, 6.45) is -0.335. The molecule has 0 aliphatic carbocycles. The molecule has 0 aliphatic rings. The predicted octanol–water partition coefficient (Wildman–Crippen LogP) is 0.689. The Labute approximate surface area is 92.5 Å². The van der Waals surface area contributed by atoms with Gasteiger partial charge < -0.3 is 4.74 Å². The molecule has 0 spiro atoms. The number of ether oxygens (including phenoxy) is 1. The van der Waals surface area contributed by atoms with Gasteiger partial charge in [-0.3, -0.25) is 14.4 Å². The quantitative estimate of drug-likeness (QED) is 0.433. The molecule has 0 unspecified atom stereocenters. The fraction of sp³-hybridized carbons (Fsp3) is 0.625. The Morgan fingerprint density at radius 2 is 1.69 bits per heavy atom. The van der Waals surface area contributed by atoms with Crippen LogP contribution in [0.2, 0.25) is 0 Å². The van der Waals surface area contributed by atoms with Gasteiger partial charge in [0.2, 0.25) is 0 Å². The van der Waals surface area contributed by atoms with Crippen LogP contribution in [0.5, 0.6) is 0 Å². The maximum absolute atomic E-state index is 10.8. The summed E-state index contributed by atoms with van der Waals surface area (Å²) in [6, 6.07) is 0. The Hall–Kier alpha value is -0.450. The minimum absolute atomic E-state index is 0. The number of carbonyl (C=O) groups is 3. The van der Waals surface area contributed by atoms with E-state index in [0.29, 0.717) is 0 Å². The van der Waals surface area contributed by atoms with Crippen LogP contribution >= 0.6 is 0 Å². The van der Waals surface area contributed by atoms with Crippen molar-refractivity contribution in [3.05, 3.63) is 0 Å². The van der Waals surface area contributed by atoms with Crippen molar-refractivity contribution in [3.63, 3.8) is 0 Å². The molecular formula is C8H12AgO4. The van der Waals surface area contributed by atoms with Gasteiger partial charge in [0.1, 0.15) is 12.2 Å². The van der Waals surface area contributed by atoms with Crippen LogP contribution in [0.1, 0.15) is 27.2 Å². The average Bonchev–Trinajstić information content (AvgIpc) is 1.84. The van der Waals surface area contributed by atoms with Gasteiger partial charge in [-0.2, -0.15) is 0 Å². The number of hydrogen-bond acceptors (Lipinski definition) is 4. The Morgan fingerprint density at radius 3 is 2.00 bits per heavy atom. The summed E-state index contributed by atoms with van der Waals surface area (Å²) in [7, 11) is 0. The van der Waals surface area contributed by atoms with Gasteiger partial charge >= 0.3 is 11.9 Å². The Balaban J connectivity index is 0. The molecule has 0 saturated carbocycles. The molecule has 0 atom stereocenters. The molecule has 0 N–H and O–H groups in total. The van der Waals surface area contributed by atoms with Crippen molar-refractivity contribution in [2.75, 3.05) is 0 Å². The molecule has 0 rings (SSSR count). The van der Waals surface area contributed by atoms with Crippen LogP contribution in [-0.2, 0) is 41.5 Å². The van der Waals surface area contributed by atoms with Crippen molar-refractivity contribution in [2.24, 2.45) is 5.92 Å². The topological polar surface area (TPSA) is 60.4 Å². The summed E-state index contributed by atoms with van der Waals surface area (Å²) in [5.41, 5.74) is 0. The summed E-state index contributed by atoms with van der Waals surface area (Å²) in [5.74, 6) is -2.03. The van der Waals surface area contributed by atoms with Crippen molar-refractivity contribution in [3.8, 4) is 0 Å². The van der Waals surface area contributed by atoms with Gasteiger partial charge in [-0.1, -0.05) is 13.8 Å². The second-order valence-corrected chi connectivity index (χ2v) is 2.83. The maximum atomic E-state index is 10.8. The molecule has 0 saturated heterocycles.